The van der Waals surface area contributed by atoms with E-state index in [1.807, 2.05) is 0 Å². The van der Waals surface area contributed by atoms with Crippen LogP contribution in [0, 0.1) is 5.92 Å². The number of rotatable bonds is 3. The fraction of sp³-hybridized carbons (Fsp3) is 0.867. The Morgan fingerprint density at radius 2 is 1.94 bits per heavy atom. The zero-order chi connectivity index (χ0) is 12.5. The SMILES string of the molecule is CC1CCC(NC(OC(C)(C)C)=C2CCC2)C1. The molecule has 0 aromatic rings. The Hall–Kier alpha value is -0.660. The van der Waals surface area contributed by atoms with Gasteiger partial charge in [0.1, 0.15) is 5.60 Å². The summed E-state index contributed by atoms with van der Waals surface area (Å²) in [6, 6.07) is 0.635. The highest BCUT2D eigenvalue weighted by atomic mass is 16.5. The lowest BCUT2D eigenvalue weighted by Crippen LogP contribution is -2.33. The van der Waals surface area contributed by atoms with Gasteiger partial charge in [0, 0.05) is 6.04 Å². The molecule has 0 spiro atoms. The topological polar surface area (TPSA) is 21.3 Å². The van der Waals surface area contributed by atoms with Crippen LogP contribution >= 0.6 is 0 Å². The maximum Gasteiger partial charge on any atom is 0.186 e. The summed E-state index contributed by atoms with van der Waals surface area (Å²) in [4.78, 5) is 0. The molecule has 2 nitrogen and oxygen atoms in total. The largest absolute Gasteiger partial charge is 0.474 e. The van der Waals surface area contributed by atoms with Gasteiger partial charge in [-0.2, -0.15) is 0 Å². The molecule has 0 saturated heterocycles. The number of ether oxygens (including phenoxy) is 1. The molecule has 0 heterocycles. The van der Waals surface area contributed by atoms with Crippen molar-refractivity contribution in [3.8, 4) is 0 Å². The van der Waals surface area contributed by atoms with E-state index in [2.05, 4.69) is 33.0 Å². The standard InChI is InChI=1S/C15H27NO/c1-11-8-9-13(10-11)16-14(12-6-5-7-12)17-15(2,3)4/h11,13,16H,5-10H2,1-4H3. The highest BCUT2D eigenvalue weighted by molar-refractivity contribution is 5.15. The number of hydrogen-bond acceptors (Lipinski definition) is 2. The molecule has 2 saturated carbocycles. The molecule has 1 N–H and O–H groups in total. The Morgan fingerprint density at radius 3 is 2.35 bits per heavy atom. The fourth-order valence-electron chi connectivity index (χ4n) is 2.61. The van der Waals surface area contributed by atoms with Crippen LogP contribution in [0.1, 0.15) is 66.2 Å². The van der Waals surface area contributed by atoms with Crippen LogP contribution in [0.4, 0.5) is 0 Å². The molecule has 2 unspecified atom stereocenters. The third kappa shape index (κ3) is 3.65. The molecule has 0 aliphatic heterocycles. The van der Waals surface area contributed by atoms with Gasteiger partial charge >= 0.3 is 0 Å². The molecular formula is C15H27NO. The summed E-state index contributed by atoms with van der Waals surface area (Å²) < 4.78 is 6.11. The molecule has 98 valence electrons. The van der Waals surface area contributed by atoms with Gasteiger partial charge in [0.2, 0.25) is 0 Å². The predicted octanol–water partition coefficient (Wildman–Crippen LogP) is 3.98. The maximum atomic E-state index is 6.11. The van der Waals surface area contributed by atoms with Gasteiger partial charge < -0.3 is 10.1 Å². The number of allylic oxidation sites excluding steroid dienone is 1. The van der Waals surface area contributed by atoms with E-state index in [1.165, 1.54) is 44.1 Å². The Labute approximate surface area is 106 Å². The van der Waals surface area contributed by atoms with Crippen molar-refractivity contribution in [2.75, 3.05) is 0 Å². The summed E-state index contributed by atoms with van der Waals surface area (Å²) in [7, 11) is 0. The minimum absolute atomic E-state index is 0.0882. The van der Waals surface area contributed by atoms with Gasteiger partial charge in [0.05, 0.1) is 0 Å². The molecule has 0 bridgehead atoms. The molecule has 17 heavy (non-hydrogen) atoms. The summed E-state index contributed by atoms with van der Waals surface area (Å²) in [5.41, 5.74) is 1.41. The molecular weight excluding hydrogens is 210 g/mol. The van der Waals surface area contributed by atoms with Gasteiger partial charge in [-0.1, -0.05) is 6.92 Å². The molecule has 2 atom stereocenters. The summed E-state index contributed by atoms with van der Waals surface area (Å²) in [6.45, 7) is 8.74. The quantitative estimate of drug-likeness (QED) is 0.750. The highest BCUT2D eigenvalue weighted by Gasteiger charge is 2.26. The molecule has 2 heteroatoms. The van der Waals surface area contributed by atoms with Crippen molar-refractivity contribution in [1.82, 2.24) is 5.32 Å². The normalized spacial score (nSPS) is 28.8. The van der Waals surface area contributed by atoms with Crippen molar-refractivity contribution in [3.05, 3.63) is 11.5 Å². The monoisotopic (exact) mass is 237 g/mol. The first-order valence-corrected chi connectivity index (χ1v) is 7.11. The lowest BCUT2D eigenvalue weighted by molar-refractivity contribution is 0.0328. The van der Waals surface area contributed by atoms with Crippen molar-refractivity contribution in [2.45, 2.75) is 77.9 Å². The average Bonchev–Trinajstić information content (AvgIpc) is 2.44. The summed E-state index contributed by atoms with van der Waals surface area (Å²) >= 11 is 0. The summed E-state index contributed by atoms with van der Waals surface area (Å²) in [6.07, 6.45) is 7.72. The van der Waals surface area contributed by atoms with Crippen molar-refractivity contribution in [3.63, 3.8) is 0 Å². The van der Waals surface area contributed by atoms with E-state index < -0.39 is 0 Å². The molecule has 0 aromatic carbocycles. The Bertz CT molecular complexity index is 295. The summed E-state index contributed by atoms with van der Waals surface area (Å²) in [5.74, 6) is 1.97. The lowest BCUT2D eigenvalue weighted by Gasteiger charge is -2.31. The van der Waals surface area contributed by atoms with Gasteiger partial charge in [0.25, 0.3) is 0 Å². The first-order chi connectivity index (χ1) is 7.94. The van der Waals surface area contributed by atoms with Crippen LogP contribution < -0.4 is 5.32 Å². The molecule has 0 radical (unpaired) electrons. The predicted molar refractivity (Wildman–Crippen MR) is 71.7 cm³/mol. The van der Waals surface area contributed by atoms with E-state index in [1.54, 1.807) is 0 Å². The third-order valence-corrected chi connectivity index (χ3v) is 3.72. The second-order valence-electron chi connectivity index (χ2n) is 6.76. The van der Waals surface area contributed by atoms with Crippen molar-refractivity contribution < 1.29 is 4.74 Å². The van der Waals surface area contributed by atoms with Crippen LogP contribution in [0.15, 0.2) is 11.5 Å². The highest BCUT2D eigenvalue weighted by Crippen LogP contribution is 2.32. The van der Waals surface area contributed by atoms with Gasteiger partial charge in [-0.25, -0.2) is 0 Å². The van der Waals surface area contributed by atoms with Gasteiger partial charge in [-0.15, -0.1) is 0 Å². The van der Waals surface area contributed by atoms with E-state index in [9.17, 15) is 0 Å². The smallest absolute Gasteiger partial charge is 0.186 e. The van der Waals surface area contributed by atoms with E-state index in [0.29, 0.717) is 6.04 Å². The van der Waals surface area contributed by atoms with Gasteiger partial charge in [0.15, 0.2) is 5.88 Å². The van der Waals surface area contributed by atoms with Gasteiger partial charge in [-0.3, -0.25) is 0 Å². The zero-order valence-electron chi connectivity index (χ0n) is 11.8. The van der Waals surface area contributed by atoms with Crippen molar-refractivity contribution in [1.29, 1.82) is 0 Å². The Balaban J connectivity index is 1.97. The first kappa shape index (κ1) is 12.8. The molecule has 2 aliphatic carbocycles. The molecule has 2 rings (SSSR count). The second-order valence-corrected chi connectivity index (χ2v) is 6.76. The Kier molecular flexibility index (Phi) is 3.70. The molecule has 0 amide bonds. The van der Waals surface area contributed by atoms with Crippen molar-refractivity contribution in [2.24, 2.45) is 5.92 Å². The van der Waals surface area contributed by atoms with Crippen LogP contribution in [-0.4, -0.2) is 11.6 Å². The molecule has 2 aliphatic rings. The van der Waals surface area contributed by atoms with Crippen molar-refractivity contribution >= 4 is 0 Å². The van der Waals surface area contributed by atoms with E-state index in [4.69, 9.17) is 4.74 Å². The first-order valence-electron chi connectivity index (χ1n) is 7.11. The van der Waals surface area contributed by atoms with E-state index in [-0.39, 0.29) is 5.60 Å². The van der Waals surface area contributed by atoms with Crippen LogP contribution in [0.2, 0.25) is 0 Å². The van der Waals surface area contributed by atoms with Crippen LogP contribution in [0.25, 0.3) is 0 Å². The fourth-order valence-corrected chi connectivity index (χ4v) is 2.61. The molecule has 2 fully saturated rings. The minimum Gasteiger partial charge on any atom is -0.474 e. The molecule has 0 aromatic heterocycles. The number of nitrogens with one attached hydrogen (secondary N) is 1. The zero-order valence-corrected chi connectivity index (χ0v) is 11.8. The van der Waals surface area contributed by atoms with Crippen LogP contribution in [0.5, 0.6) is 0 Å². The summed E-state index contributed by atoms with van der Waals surface area (Å²) in [5, 5.41) is 3.66. The number of hydrogen-bond donors (Lipinski definition) is 1. The average molecular weight is 237 g/mol. The maximum absolute atomic E-state index is 6.11. The third-order valence-electron chi connectivity index (χ3n) is 3.72. The van der Waals surface area contributed by atoms with E-state index in [0.717, 1.165) is 11.8 Å². The second kappa shape index (κ2) is 4.91. The minimum atomic E-state index is -0.0882. The lowest BCUT2D eigenvalue weighted by atomic mass is 9.92. The van der Waals surface area contributed by atoms with Gasteiger partial charge in [-0.05, 0) is 70.8 Å². The van der Waals surface area contributed by atoms with Crippen LogP contribution in [-0.2, 0) is 4.74 Å². The van der Waals surface area contributed by atoms with Crippen LogP contribution in [0.3, 0.4) is 0 Å². The van der Waals surface area contributed by atoms with E-state index >= 15 is 0 Å². The Morgan fingerprint density at radius 1 is 1.24 bits per heavy atom.